The van der Waals surface area contributed by atoms with Gasteiger partial charge in [0.05, 0.1) is 0 Å². The summed E-state index contributed by atoms with van der Waals surface area (Å²) in [7, 11) is 0. The summed E-state index contributed by atoms with van der Waals surface area (Å²) in [5.74, 6) is 1.00. The molecule has 0 bridgehead atoms. The van der Waals surface area contributed by atoms with Crippen LogP contribution in [0, 0.1) is 4.77 Å². The fraction of sp³-hybridized carbons (Fsp3) is 0.818. The van der Waals surface area contributed by atoms with Gasteiger partial charge in [-0.25, -0.2) is 5.10 Å². The molecule has 1 aromatic heterocycles. The molecule has 0 unspecified atom stereocenters. The van der Waals surface area contributed by atoms with Crippen molar-refractivity contribution >= 4 is 29.9 Å². The van der Waals surface area contributed by atoms with Crippen molar-refractivity contribution in [3.8, 4) is 0 Å². The molecule has 2 heterocycles. The van der Waals surface area contributed by atoms with E-state index in [4.69, 9.17) is 12.2 Å². The average Bonchev–Trinajstić information content (AvgIpc) is 2.71. The molecule has 0 radical (unpaired) electrons. The summed E-state index contributed by atoms with van der Waals surface area (Å²) >= 11 is 7.25. The third-order valence-electron chi connectivity index (χ3n) is 3.26. The maximum Gasteiger partial charge on any atom is 0.225 e. The van der Waals surface area contributed by atoms with E-state index in [2.05, 4.69) is 39.8 Å². The number of aromatic nitrogens is 3. The first-order valence-electron chi connectivity index (χ1n) is 6.08. The summed E-state index contributed by atoms with van der Waals surface area (Å²) in [6, 6.07) is 0.356. The minimum atomic E-state index is 0.356. The van der Waals surface area contributed by atoms with Crippen molar-refractivity contribution < 1.29 is 0 Å². The van der Waals surface area contributed by atoms with Gasteiger partial charge in [0.15, 0.2) is 4.77 Å². The molecular formula is C11H20N4S2. The molecule has 0 aromatic carbocycles. The van der Waals surface area contributed by atoms with Crippen molar-refractivity contribution in [2.24, 2.45) is 0 Å². The lowest BCUT2D eigenvalue weighted by Crippen LogP contribution is -2.36. The normalized spacial score (nSPS) is 18.0. The highest BCUT2D eigenvalue weighted by Gasteiger charge is 2.22. The number of H-pyrrole nitrogens is 1. The summed E-state index contributed by atoms with van der Waals surface area (Å²) < 4.78 is 2.83. The molecule has 6 heteroatoms. The second-order valence-corrected chi connectivity index (χ2v) is 6.24. The molecule has 1 aromatic rings. The highest BCUT2D eigenvalue weighted by atomic mass is 32.2. The lowest BCUT2D eigenvalue weighted by Gasteiger charge is -2.32. The van der Waals surface area contributed by atoms with Crippen LogP contribution in [0.3, 0.4) is 0 Å². The molecule has 1 N–H and O–H groups in total. The van der Waals surface area contributed by atoms with Crippen molar-refractivity contribution in [3.05, 3.63) is 4.77 Å². The molecule has 0 saturated carbocycles. The van der Waals surface area contributed by atoms with Crippen molar-refractivity contribution in [1.29, 1.82) is 0 Å². The molecular weight excluding hydrogens is 252 g/mol. The van der Waals surface area contributed by atoms with Crippen LogP contribution in [-0.4, -0.2) is 39.4 Å². The van der Waals surface area contributed by atoms with Gasteiger partial charge in [0.1, 0.15) is 0 Å². The van der Waals surface area contributed by atoms with Gasteiger partial charge in [-0.1, -0.05) is 0 Å². The van der Waals surface area contributed by atoms with Crippen molar-refractivity contribution in [2.75, 3.05) is 24.2 Å². The van der Waals surface area contributed by atoms with Gasteiger partial charge in [0, 0.05) is 24.4 Å². The predicted octanol–water partition coefficient (Wildman–Crippen LogP) is 2.85. The first kappa shape index (κ1) is 13.0. The second-order valence-electron chi connectivity index (χ2n) is 4.71. The van der Waals surface area contributed by atoms with Crippen LogP contribution in [0.1, 0.15) is 32.7 Å². The van der Waals surface area contributed by atoms with Gasteiger partial charge in [0.25, 0.3) is 0 Å². The van der Waals surface area contributed by atoms with Crippen LogP contribution in [0.2, 0.25) is 0 Å². The summed E-state index contributed by atoms with van der Waals surface area (Å²) in [5.41, 5.74) is 0. The minimum absolute atomic E-state index is 0.356. The number of aromatic amines is 1. The van der Waals surface area contributed by atoms with E-state index in [0.717, 1.165) is 29.1 Å². The van der Waals surface area contributed by atoms with Crippen molar-refractivity contribution in [2.45, 2.75) is 38.0 Å². The van der Waals surface area contributed by atoms with E-state index in [0.29, 0.717) is 6.04 Å². The van der Waals surface area contributed by atoms with Gasteiger partial charge in [-0.2, -0.15) is 11.8 Å². The number of hydrogen-bond donors (Lipinski definition) is 1. The molecule has 1 aliphatic heterocycles. The number of hydrogen-bond acceptors (Lipinski definition) is 4. The van der Waals surface area contributed by atoms with Crippen LogP contribution in [0.15, 0.2) is 0 Å². The molecule has 0 spiro atoms. The molecule has 0 aliphatic carbocycles. The van der Waals surface area contributed by atoms with Crippen LogP contribution >= 0.6 is 24.0 Å². The van der Waals surface area contributed by atoms with E-state index >= 15 is 0 Å². The predicted molar refractivity (Wildman–Crippen MR) is 76.5 cm³/mol. The van der Waals surface area contributed by atoms with Gasteiger partial charge in [-0.05, 0) is 45.2 Å². The highest BCUT2D eigenvalue weighted by molar-refractivity contribution is 7.99. The monoisotopic (exact) mass is 272 g/mol. The topological polar surface area (TPSA) is 36.9 Å². The van der Waals surface area contributed by atoms with E-state index in [1.807, 2.05) is 11.8 Å². The Morgan fingerprint density at radius 1 is 1.41 bits per heavy atom. The molecule has 4 nitrogen and oxygen atoms in total. The van der Waals surface area contributed by atoms with Crippen LogP contribution < -0.4 is 4.90 Å². The van der Waals surface area contributed by atoms with E-state index in [1.54, 1.807) is 0 Å². The Balaban J connectivity index is 2.16. The van der Waals surface area contributed by atoms with Gasteiger partial charge in [0.2, 0.25) is 5.95 Å². The van der Waals surface area contributed by atoms with Gasteiger partial charge in [-0.15, -0.1) is 5.10 Å². The van der Waals surface area contributed by atoms with Crippen LogP contribution in [0.25, 0.3) is 0 Å². The molecule has 1 saturated heterocycles. The van der Waals surface area contributed by atoms with Crippen molar-refractivity contribution in [3.63, 3.8) is 0 Å². The number of rotatable bonds is 3. The third kappa shape index (κ3) is 2.68. The Hall–Kier alpha value is -0.490. The fourth-order valence-electron chi connectivity index (χ4n) is 2.28. The molecule has 96 valence electrons. The molecule has 2 rings (SSSR count). The smallest absolute Gasteiger partial charge is 0.225 e. The van der Waals surface area contributed by atoms with Gasteiger partial charge in [-0.3, -0.25) is 4.57 Å². The Kier molecular flexibility index (Phi) is 4.14. The fourth-order valence-corrected chi connectivity index (χ4v) is 3.30. The lowest BCUT2D eigenvalue weighted by molar-refractivity contribution is 0.538. The van der Waals surface area contributed by atoms with Crippen LogP contribution in [-0.2, 0) is 0 Å². The first-order valence-corrected chi connectivity index (χ1v) is 7.77. The maximum absolute atomic E-state index is 5.28. The lowest BCUT2D eigenvalue weighted by atomic mass is 10.1. The van der Waals surface area contributed by atoms with Crippen molar-refractivity contribution in [1.82, 2.24) is 14.8 Å². The Bertz CT molecular complexity index is 415. The van der Waals surface area contributed by atoms with Crippen LogP contribution in [0.5, 0.6) is 0 Å². The number of nitrogens with one attached hydrogen (secondary N) is 1. The molecule has 17 heavy (non-hydrogen) atoms. The molecule has 0 amide bonds. The quantitative estimate of drug-likeness (QED) is 0.859. The van der Waals surface area contributed by atoms with E-state index < -0.39 is 0 Å². The van der Waals surface area contributed by atoms with E-state index in [1.165, 1.54) is 12.8 Å². The Morgan fingerprint density at radius 2 is 2.06 bits per heavy atom. The van der Waals surface area contributed by atoms with Crippen LogP contribution in [0.4, 0.5) is 5.95 Å². The summed E-state index contributed by atoms with van der Waals surface area (Å²) in [5, 5.41) is 8.09. The third-order valence-corrected chi connectivity index (χ3v) is 4.69. The number of piperidine rings is 1. The van der Waals surface area contributed by atoms with Gasteiger partial charge < -0.3 is 4.90 Å². The first-order chi connectivity index (χ1) is 8.13. The molecule has 1 fully saturated rings. The molecule has 1 aliphatic rings. The summed E-state index contributed by atoms with van der Waals surface area (Å²) in [6.45, 7) is 6.45. The highest BCUT2D eigenvalue weighted by Crippen LogP contribution is 2.25. The number of thioether (sulfide) groups is 1. The average molecular weight is 272 g/mol. The van der Waals surface area contributed by atoms with E-state index in [-0.39, 0.29) is 0 Å². The number of nitrogens with zero attached hydrogens (tertiary/aromatic N) is 3. The largest absolute Gasteiger partial charge is 0.341 e. The zero-order chi connectivity index (χ0) is 12.4. The zero-order valence-electron chi connectivity index (χ0n) is 10.6. The standard InChI is InChI=1S/C11H20N4S2/c1-8(2)15-10(12-13-11(15)16)14-6-4-9(17-3)5-7-14/h8-9H,4-7H2,1-3H3,(H,13,16). The SMILES string of the molecule is CSC1CCN(c2n[nH]c(=S)n2C(C)C)CC1. The summed E-state index contributed by atoms with van der Waals surface area (Å²) in [4.78, 5) is 2.35. The maximum atomic E-state index is 5.28. The minimum Gasteiger partial charge on any atom is -0.341 e. The summed E-state index contributed by atoms with van der Waals surface area (Å²) in [6.07, 6.45) is 4.67. The Morgan fingerprint density at radius 3 is 2.59 bits per heavy atom. The second kappa shape index (κ2) is 5.44. The zero-order valence-corrected chi connectivity index (χ0v) is 12.3. The van der Waals surface area contributed by atoms with E-state index in [9.17, 15) is 0 Å². The van der Waals surface area contributed by atoms with Gasteiger partial charge >= 0.3 is 0 Å². The number of anilines is 1. The molecule has 0 atom stereocenters. The Labute approximate surface area is 112 Å².